The van der Waals surface area contributed by atoms with Gasteiger partial charge in [0, 0.05) is 12.7 Å². The van der Waals surface area contributed by atoms with E-state index >= 15 is 0 Å². The van der Waals surface area contributed by atoms with Crippen molar-refractivity contribution < 1.29 is 13.5 Å². The van der Waals surface area contributed by atoms with Crippen molar-refractivity contribution in [2.24, 2.45) is 5.92 Å². The standard InChI is InChI=1S/C12H11F2NO/c13-10-4-9(5-11(14)6-10)12-3-8(7-15)1-2-16-12/h4-6,8,12H,1-3H2. The molecule has 1 aliphatic rings. The van der Waals surface area contributed by atoms with E-state index < -0.39 is 11.6 Å². The molecule has 1 heterocycles. The highest BCUT2D eigenvalue weighted by molar-refractivity contribution is 5.21. The lowest BCUT2D eigenvalue weighted by molar-refractivity contribution is 0.000380. The molecule has 0 radical (unpaired) electrons. The number of ether oxygens (including phenoxy) is 1. The summed E-state index contributed by atoms with van der Waals surface area (Å²) in [6.07, 6.45) is 0.813. The Hall–Kier alpha value is -1.47. The van der Waals surface area contributed by atoms with Crippen molar-refractivity contribution in [2.75, 3.05) is 6.61 Å². The summed E-state index contributed by atoms with van der Waals surface area (Å²) in [5, 5.41) is 8.81. The van der Waals surface area contributed by atoms with Crippen LogP contribution in [0.4, 0.5) is 8.78 Å². The van der Waals surface area contributed by atoms with Gasteiger partial charge in [0.15, 0.2) is 0 Å². The molecule has 1 saturated heterocycles. The first-order valence-electron chi connectivity index (χ1n) is 5.16. The molecular weight excluding hydrogens is 212 g/mol. The number of hydrogen-bond donors (Lipinski definition) is 0. The molecule has 0 spiro atoms. The number of nitriles is 1. The molecule has 1 aromatic rings. The van der Waals surface area contributed by atoms with Gasteiger partial charge in [0.1, 0.15) is 11.6 Å². The van der Waals surface area contributed by atoms with Crippen molar-refractivity contribution in [1.29, 1.82) is 5.26 Å². The summed E-state index contributed by atoms with van der Waals surface area (Å²) in [6.45, 7) is 0.459. The highest BCUT2D eigenvalue weighted by atomic mass is 19.1. The third-order valence-electron chi connectivity index (χ3n) is 2.72. The van der Waals surface area contributed by atoms with Gasteiger partial charge >= 0.3 is 0 Å². The predicted octanol–water partition coefficient (Wildman–Crippen LogP) is 2.96. The zero-order valence-corrected chi connectivity index (χ0v) is 8.62. The van der Waals surface area contributed by atoms with Crippen LogP contribution in [-0.2, 0) is 4.74 Å². The van der Waals surface area contributed by atoms with Crippen molar-refractivity contribution in [3.05, 3.63) is 35.4 Å². The molecule has 84 valence electrons. The number of rotatable bonds is 1. The topological polar surface area (TPSA) is 33.0 Å². The van der Waals surface area contributed by atoms with Crippen molar-refractivity contribution in [1.82, 2.24) is 0 Å². The molecule has 16 heavy (non-hydrogen) atoms. The molecule has 0 aromatic heterocycles. The summed E-state index contributed by atoms with van der Waals surface area (Å²) in [7, 11) is 0. The number of hydrogen-bond acceptors (Lipinski definition) is 2. The van der Waals surface area contributed by atoms with E-state index in [2.05, 4.69) is 6.07 Å². The second-order valence-electron chi connectivity index (χ2n) is 3.91. The van der Waals surface area contributed by atoms with Gasteiger partial charge < -0.3 is 4.74 Å². The van der Waals surface area contributed by atoms with Gasteiger partial charge in [-0.1, -0.05) is 0 Å². The van der Waals surface area contributed by atoms with Crippen LogP contribution in [-0.4, -0.2) is 6.61 Å². The smallest absolute Gasteiger partial charge is 0.126 e. The second-order valence-corrected chi connectivity index (χ2v) is 3.91. The summed E-state index contributed by atoms with van der Waals surface area (Å²) < 4.78 is 31.4. The summed E-state index contributed by atoms with van der Waals surface area (Å²) in [4.78, 5) is 0. The largest absolute Gasteiger partial charge is 0.373 e. The van der Waals surface area contributed by atoms with Crippen molar-refractivity contribution in [3.63, 3.8) is 0 Å². The normalized spacial score (nSPS) is 25.1. The highest BCUT2D eigenvalue weighted by Gasteiger charge is 2.24. The van der Waals surface area contributed by atoms with Crippen LogP contribution in [0.15, 0.2) is 18.2 Å². The van der Waals surface area contributed by atoms with Gasteiger partial charge in [0.25, 0.3) is 0 Å². The monoisotopic (exact) mass is 223 g/mol. The SMILES string of the molecule is N#CC1CCOC(c2cc(F)cc(F)c2)C1. The van der Waals surface area contributed by atoms with Crippen molar-refractivity contribution >= 4 is 0 Å². The summed E-state index contributed by atoms with van der Waals surface area (Å²) in [5.74, 6) is -1.32. The molecule has 0 bridgehead atoms. The van der Waals surface area contributed by atoms with Gasteiger partial charge in [-0.25, -0.2) is 8.78 Å². The minimum atomic E-state index is -0.613. The first-order chi connectivity index (χ1) is 7.69. The Morgan fingerprint density at radius 3 is 2.56 bits per heavy atom. The van der Waals surface area contributed by atoms with Gasteiger partial charge in [-0.15, -0.1) is 0 Å². The lowest BCUT2D eigenvalue weighted by Gasteiger charge is -2.26. The fraction of sp³-hybridized carbons (Fsp3) is 0.417. The Morgan fingerprint density at radius 2 is 1.94 bits per heavy atom. The zero-order valence-electron chi connectivity index (χ0n) is 8.62. The number of nitrogens with zero attached hydrogens (tertiary/aromatic N) is 1. The number of benzene rings is 1. The quantitative estimate of drug-likeness (QED) is 0.733. The average molecular weight is 223 g/mol. The summed E-state index contributed by atoms with van der Waals surface area (Å²) in [5.41, 5.74) is 0.470. The molecule has 0 N–H and O–H groups in total. The Morgan fingerprint density at radius 1 is 1.25 bits per heavy atom. The third-order valence-corrected chi connectivity index (χ3v) is 2.72. The average Bonchev–Trinajstić information content (AvgIpc) is 2.28. The van der Waals surface area contributed by atoms with Gasteiger partial charge in [0.2, 0.25) is 0 Å². The minimum absolute atomic E-state index is 0.0925. The Labute approximate surface area is 92.5 Å². The lowest BCUT2D eigenvalue weighted by atomic mass is 9.93. The summed E-state index contributed by atoms with van der Waals surface area (Å²) >= 11 is 0. The van der Waals surface area contributed by atoms with Gasteiger partial charge in [0.05, 0.1) is 18.1 Å². The van der Waals surface area contributed by atoms with E-state index in [1.165, 1.54) is 12.1 Å². The van der Waals surface area contributed by atoms with E-state index in [-0.39, 0.29) is 12.0 Å². The molecule has 2 atom stereocenters. The molecule has 4 heteroatoms. The van der Waals surface area contributed by atoms with E-state index in [4.69, 9.17) is 10.00 Å². The van der Waals surface area contributed by atoms with Crippen LogP contribution in [0.1, 0.15) is 24.5 Å². The van der Waals surface area contributed by atoms with Gasteiger partial charge in [-0.2, -0.15) is 5.26 Å². The van der Waals surface area contributed by atoms with Crippen LogP contribution in [0.25, 0.3) is 0 Å². The lowest BCUT2D eigenvalue weighted by Crippen LogP contribution is -2.19. The van der Waals surface area contributed by atoms with Crippen LogP contribution in [0.3, 0.4) is 0 Å². The van der Waals surface area contributed by atoms with Crippen molar-refractivity contribution in [2.45, 2.75) is 18.9 Å². The molecule has 0 saturated carbocycles. The first-order valence-corrected chi connectivity index (χ1v) is 5.16. The van der Waals surface area contributed by atoms with E-state index in [9.17, 15) is 8.78 Å². The Kier molecular flexibility index (Phi) is 3.16. The van der Waals surface area contributed by atoms with Crippen LogP contribution in [0.5, 0.6) is 0 Å². The van der Waals surface area contributed by atoms with Crippen LogP contribution >= 0.6 is 0 Å². The molecule has 2 unspecified atom stereocenters. The maximum Gasteiger partial charge on any atom is 0.126 e. The Bertz CT molecular complexity index is 407. The van der Waals surface area contributed by atoms with E-state index in [1.54, 1.807) is 0 Å². The van der Waals surface area contributed by atoms with Crippen LogP contribution in [0, 0.1) is 28.9 Å². The maximum absolute atomic E-state index is 13.0. The molecular formula is C12H11F2NO. The molecule has 1 aromatic carbocycles. The fourth-order valence-electron chi connectivity index (χ4n) is 1.91. The molecule has 0 aliphatic carbocycles. The Balaban J connectivity index is 2.20. The molecule has 1 aliphatic heterocycles. The van der Waals surface area contributed by atoms with E-state index in [0.717, 1.165) is 6.07 Å². The molecule has 0 amide bonds. The predicted molar refractivity (Wildman–Crippen MR) is 53.4 cm³/mol. The van der Waals surface area contributed by atoms with Crippen molar-refractivity contribution in [3.8, 4) is 6.07 Å². The number of halogens is 2. The van der Waals surface area contributed by atoms with Gasteiger partial charge in [-0.05, 0) is 30.5 Å². The van der Waals surface area contributed by atoms with Crippen LogP contribution in [0.2, 0.25) is 0 Å². The van der Waals surface area contributed by atoms with Crippen LogP contribution < -0.4 is 0 Å². The molecule has 1 fully saturated rings. The molecule has 2 nitrogen and oxygen atoms in total. The highest BCUT2D eigenvalue weighted by Crippen LogP contribution is 2.31. The maximum atomic E-state index is 13.0. The minimum Gasteiger partial charge on any atom is -0.373 e. The zero-order chi connectivity index (χ0) is 11.5. The van der Waals surface area contributed by atoms with E-state index in [0.29, 0.717) is 25.0 Å². The second kappa shape index (κ2) is 4.58. The van der Waals surface area contributed by atoms with Gasteiger partial charge in [-0.3, -0.25) is 0 Å². The fourth-order valence-corrected chi connectivity index (χ4v) is 1.91. The summed E-state index contributed by atoms with van der Waals surface area (Å²) in [6, 6.07) is 5.51. The first kappa shape index (κ1) is 11.0. The van der Waals surface area contributed by atoms with E-state index in [1.807, 2.05) is 0 Å². The third kappa shape index (κ3) is 2.37. The molecule has 2 rings (SSSR count).